The predicted molar refractivity (Wildman–Crippen MR) is 32.6 cm³/mol. The van der Waals surface area contributed by atoms with Crippen molar-refractivity contribution in [2.24, 2.45) is 5.92 Å². The third-order valence-corrected chi connectivity index (χ3v) is 1.61. The summed E-state index contributed by atoms with van der Waals surface area (Å²) in [6.07, 6.45) is 0.300. The third kappa shape index (κ3) is 1.41. The van der Waals surface area contributed by atoms with Crippen LogP contribution in [0.4, 0.5) is 0 Å². The van der Waals surface area contributed by atoms with E-state index < -0.39 is 6.10 Å². The molecule has 0 radical (unpaired) electrons. The molecular formula is C6H10N2O. The van der Waals surface area contributed by atoms with Crippen molar-refractivity contribution in [1.82, 2.24) is 5.32 Å². The Balaban J connectivity index is 2.41. The maximum absolute atomic E-state index is 9.11. The molecule has 1 heterocycles. The van der Waals surface area contributed by atoms with Gasteiger partial charge in [0, 0.05) is 6.54 Å². The van der Waals surface area contributed by atoms with Gasteiger partial charge in [-0.3, -0.25) is 0 Å². The molecule has 0 spiro atoms. The fourth-order valence-electron chi connectivity index (χ4n) is 0.976. The van der Waals surface area contributed by atoms with Gasteiger partial charge in [0.1, 0.15) is 0 Å². The highest BCUT2D eigenvalue weighted by Gasteiger charge is 2.21. The quantitative estimate of drug-likeness (QED) is 0.459. The summed E-state index contributed by atoms with van der Waals surface area (Å²) >= 11 is 0. The minimum atomic E-state index is -0.406. The van der Waals surface area contributed by atoms with Crippen molar-refractivity contribution in [3.05, 3.63) is 0 Å². The normalized spacial score (nSPS) is 35.6. The molecule has 0 bridgehead atoms. The molecule has 0 aromatic rings. The Hall–Kier alpha value is -0.590. The van der Waals surface area contributed by atoms with Crippen LogP contribution in [0.25, 0.3) is 0 Å². The lowest BCUT2D eigenvalue weighted by Crippen LogP contribution is -2.38. The van der Waals surface area contributed by atoms with Crippen LogP contribution in [0.1, 0.15) is 6.42 Å². The summed E-state index contributed by atoms with van der Waals surface area (Å²) in [5, 5.41) is 20.6. The molecule has 1 saturated heterocycles. The summed E-state index contributed by atoms with van der Waals surface area (Å²) in [4.78, 5) is 0. The van der Waals surface area contributed by atoms with Crippen molar-refractivity contribution >= 4 is 0 Å². The van der Waals surface area contributed by atoms with E-state index in [0.717, 1.165) is 6.54 Å². The van der Waals surface area contributed by atoms with Crippen LogP contribution in [0.5, 0.6) is 0 Å². The second-order valence-corrected chi connectivity index (χ2v) is 2.30. The summed E-state index contributed by atoms with van der Waals surface area (Å²) < 4.78 is 0. The van der Waals surface area contributed by atoms with Gasteiger partial charge in [0.25, 0.3) is 0 Å². The van der Waals surface area contributed by atoms with Gasteiger partial charge in [-0.15, -0.1) is 0 Å². The zero-order valence-electron chi connectivity index (χ0n) is 5.17. The zero-order chi connectivity index (χ0) is 6.69. The lowest BCUT2D eigenvalue weighted by atomic mass is 9.98. The molecule has 3 nitrogen and oxygen atoms in total. The first-order valence-corrected chi connectivity index (χ1v) is 3.13. The first kappa shape index (κ1) is 6.53. The predicted octanol–water partition coefficient (Wildman–Crippen LogP) is -0.520. The molecule has 1 rings (SSSR count). The zero-order valence-corrected chi connectivity index (χ0v) is 5.17. The average molecular weight is 126 g/mol. The van der Waals surface area contributed by atoms with Gasteiger partial charge in [-0.2, -0.15) is 5.26 Å². The van der Waals surface area contributed by atoms with E-state index in [1.54, 1.807) is 0 Å². The van der Waals surface area contributed by atoms with Crippen LogP contribution in [-0.4, -0.2) is 24.3 Å². The maximum Gasteiger partial charge on any atom is 0.0847 e. The molecule has 1 fully saturated rings. The van der Waals surface area contributed by atoms with E-state index in [4.69, 9.17) is 10.4 Å². The maximum atomic E-state index is 9.11. The molecular weight excluding hydrogens is 116 g/mol. The first-order valence-electron chi connectivity index (χ1n) is 3.13. The van der Waals surface area contributed by atoms with E-state index in [1.807, 2.05) is 6.07 Å². The number of hydrogen-bond acceptors (Lipinski definition) is 3. The summed E-state index contributed by atoms with van der Waals surface area (Å²) in [6.45, 7) is 1.47. The van der Waals surface area contributed by atoms with E-state index in [9.17, 15) is 0 Å². The number of hydrogen-bond donors (Lipinski definition) is 2. The molecule has 3 heteroatoms. The lowest BCUT2D eigenvalue weighted by Gasteiger charge is -2.22. The monoisotopic (exact) mass is 126 g/mol. The highest BCUT2D eigenvalue weighted by atomic mass is 16.3. The number of nitrogens with zero attached hydrogens (tertiary/aromatic N) is 1. The Morgan fingerprint density at radius 2 is 2.44 bits per heavy atom. The molecule has 0 aromatic carbocycles. The fraction of sp³-hybridized carbons (Fsp3) is 0.833. The van der Waals surface area contributed by atoms with Crippen LogP contribution in [-0.2, 0) is 0 Å². The van der Waals surface area contributed by atoms with Crippen molar-refractivity contribution in [3.8, 4) is 6.07 Å². The van der Waals surface area contributed by atoms with E-state index in [1.165, 1.54) is 0 Å². The SMILES string of the molecule is N#C[C@H]1CNCC[C@H]1O. The fourth-order valence-corrected chi connectivity index (χ4v) is 0.976. The number of nitrogens with one attached hydrogen (secondary N) is 1. The van der Waals surface area contributed by atoms with Crippen molar-refractivity contribution in [1.29, 1.82) is 5.26 Å². The topological polar surface area (TPSA) is 56.0 Å². The number of piperidine rings is 1. The minimum Gasteiger partial charge on any atom is -0.392 e. The van der Waals surface area contributed by atoms with Gasteiger partial charge in [-0.25, -0.2) is 0 Å². The summed E-state index contributed by atoms with van der Waals surface area (Å²) in [5.41, 5.74) is 0. The molecule has 50 valence electrons. The standard InChI is InChI=1S/C6H10N2O/c7-3-5-4-8-2-1-6(5)9/h5-6,8-9H,1-2,4H2/t5-,6+/m0/s1. The van der Waals surface area contributed by atoms with E-state index in [-0.39, 0.29) is 5.92 Å². The van der Waals surface area contributed by atoms with Crippen LogP contribution >= 0.6 is 0 Å². The highest BCUT2D eigenvalue weighted by Crippen LogP contribution is 2.08. The Morgan fingerprint density at radius 3 is 2.89 bits per heavy atom. The molecule has 0 amide bonds. The molecule has 1 aliphatic heterocycles. The van der Waals surface area contributed by atoms with E-state index in [0.29, 0.717) is 13.0 Å². The van der Waals surface area contributed by atoms with Gasteiger partial charge in [0.2, 0.25) is 0 Å². The molecule has 2 N–H and O–H groups in total. The number of rotatable bonds is 0. The summed E-state index contributed by atoms with van der Waals surface area (Å²) in [7, 11) is 0. The molecule has 0 aliphatic carbocycles. The molecule has 1 aliphatic rings. The van der Waals surface area contributed by atoms with Gasteiger partial charge in [-0.05, 0) is 13.0 Å². The van der Waals surface area contributed by atoms with Crippen molar-refractivity contribution in [2.75, 3.05) is 13.1 Å². The molecule has 0 aromatic heterocycles. The average Bonchev–Trinajstić information content (AvgIpc) is 1.89. The van der Waals surface area contributed by atoms with Gasteiger partial charge >= 0.3 is 0 Å². The smallest absolute Gasteiger partial charge is 0.0847 e. The van der Waals surface area contributed by atoms with E-state index >= 15 is 0 Å². The first-order chi connectivity index (χ1) is 4.34. The third-order valence-electron chi connectivity index (χ3n) is 1.61. The second-order valence-electron chi connectivity index (χ2n) is 2.30. The summed E-state index contributed by atoms with van der Waals surface area (Å²) in [5.74, 6) is -0.196. The Kier molecular flexibility index (Phi) is 2.04. The largest absolute Gasteiger partial charge is 0.392 e. The second kappa shape index (κ2) is 2.81. The Bertz CT molecular complexity index is 130. The van der Waals surface area contributed by atoms with Crippen LogP contribution in [0.15, 0.2) is 0 Å². The van der Waals surface area contributed by atoms with E-state index in [2.05, 4.69) is 5.32 Å². The lowest BCUT2D eigenvalue weighted by molar-refractivity contribution is 0.105. The molecule has 0 unspecified atom stereocenters. The van der Waals surface area contributed by atoms with Crippen molar-refractivity contribution < 1.29 is 5.11 Å². The van der Waals surface area contributed by atoms with Crippen LogP contribution in [0, 0.1) is 17.2 Å². The number of nitriles is 1. The van der Waals surface area contributed by atoms with Gasteiger partial charge < -0.3 is 10.4 Å². The molecule has 9 heavy (non-hydrogen) atoms. The molecule has 2 atom stereocenters. The number of aliphatic hydroxyl groups is 1. The Morgan fingerprint density at radius 1 is 1.67 bits per heavy atom. The minimum absolute atomic E-state index is 0.196. The van der Waals surface area contributed by atoms with Crippen LogP contribution in [0.2, 0.25) is 0 Å². The van der Waals surface area contributed by atoms with Crippen LogP contribution < -0.4 is 5.32 Å². The van der Waals surface area contributed by atoms with Gasteiger partial charge in [0.05, 0.1) is 18.1 Å². The Labute approximate surface area is 54.3 Å². The van der Waals surface area contributed by atoms with Crippen LogP contribution in [0.3, 0.4) is 0 Å². The van der Waals surface area contributed by atoms with Gasteiger partial charge in [0.15, 0.2) is 0 Å². The highest BCUT2D eigenvalue weighted by molar-refractivity contribution is 4.92. The molecule has 0 saturated carbocycles. The summed E-state index contributed by atoms with van der Waals surface area (Å²) in [6, 6.07) is 2.04. The number of aliphatic hydroxyl groups excluding tert-OH is 1. The van der Waals surface area contributed by atoms with Gasteiger partial charge in [-0.1, -0.05) is 0 Å². The van der Waals surface area contributed by atoms with Crippen molar-refractivity contribution in [3.63, 3.8) is 0 Å². The van der Waals surface area contributed by atoms with Crippen molar-refractivity contribution in [2.45, 2.75) is 12.5 Å².